The fourth-order valence-corrected chi connectivity index (χ4v) is 4.10. The van der Waals surface area contributed by atoms with Crippen LogP contribution >= 0.6 is 11.8 Å². The van der Waals surface area contributed by atoms with Gasteiger partial charge in [0.25, 0.3) is 0 Å². The first-order chi connectivity index (χ1) is 10.4. The third-order valence-corrected chi connectivity index (χ3v) is 5.80. The van der Waals surface area contributed by atoms with Crippen molar-refractivity contribution >= 4 is 27.5 Å². The Morgan fingerprint density at radius 1 is 1.27 bits per heavy atom. The van der Waals surface area contributed by atoms with Gasteiger partial charge in [0.15, 0.2) is 9.84 Å². The molecule has 1 atom stereocenters. The van der Waals surface area contributed by atoms with Crippen LogP contribution in [-0.2, 0) is 21.2 Å². The number of carbonyl (C=O) groups is 1. The molecule has 0 aliphatic carbocycles. The van der Waals surface area contributed by atoms with E-state index in [0.29, 0.717) is 12.3 Å². The summed E-state index contributed by atoms with van der Waals surface area (Å²) >= 11 is 1.53. The maximum absolute atomic E-state index is 12.1. The minimum Gasteiger partial charge on any atom is -0.466 e. The summed E-state index contributed by atoms with van der Waals surface area (Å²) in [5.41, 5.74) is 0.889. The molecule has 1 unspecified atom stereocenters. The minimum absolute atomic E-state index is 0.0542. The molecule has 22 heavy (non-hydrogen) atoms. The van der Waals surface area contributed by atoms with Crippen LogP contribution in [0.25, 0.3) is 0 Å². The molecule has 1 aromatic carbocycles. The molecule has 0 bridgehead atoms. The van der Waals surface area contributed by atoms with E-state index < -0.39 is 9.84 Å². The van der Waals surface area contributed by atoms with Crippen LogP contribution < -0.4 is 0 Å². The second-order valence-corrected chi connectivity index (χ2v) is 8.20. The van der Waals surface area contributed by atoms with Crippen LogP contribution in [0.15, 0.2) is 52.0 Å². The molecule has 1 aliphatic heterocycles. The van der Waals surface area contributed by atoms with E-state index in [4.69, 9.17) is 4.42 Å². The van der Waals surface area contributed by atoms with Crippen molar-refractivity contribution in [3.05, 3.63) is 54.0 Å². The van der Waals surface area contributed by atoms with E-state index in [1.54, 1.807) is 41.5 Å². The van der Waals surface area contributed by atoms with Gasteiger partial charge >= 0.3 is 0 Å². The van der Waals surface area contributed by atoms with Crippen molar-refractivity contribution in [3.8, 4) is 0 Å². The standard InChI is InChI=1S/C15H15NO4S2/c1-22(18,19)12-6-4-11(5-7-12)9-16-14(17)10-21-15(16)13-3-2-8-20-13/h2-8,15H,9-10H2,1H3. The van der Waals surface area contributed by atoms with E-state index in [-0.39, 0.29) is 16.2 Å². The van der Waals surface area contributed by atoms with Gasteiger partial charge in [0.05, 0.1) is 16.9 Å². The molecule has 1 saturated heterocycles. The van der Waals surface area contributed by atoms with E-state index in [9.17, 15) is 13.2 Å². The third kappa shape index (κ3) is 3.05. The largest absolute Gasteiger partial charge is 0.466 e. The van der Waals surface area contributed by atoms with E-state index >= 15 is 0 Å². The van der Waals surface area contributed by atoms with Gasteiger partial charge in [0, 0.05) is 12.8 Å². The van der Waals surface area contributed by atoms with E-state index in [2.05, 4.69) is 0 Å². The number of nitrogens with zero attached hydrogens (tertiary/aromatic N) is 1. The van der Waals surface area contributed by atoms with Crippen LogP contribution in [0.4, 0.5) is 0 Å². The summed E-state index contributed by atoms with van der Waals surface area (Å²) in [5.74, 6) is 1.23. The summed E-state index contributed by atoms with van der Waals surface area (Å²) in [7, 11) is -3.20. The van der Waals surface area contributed by atoms with Crippen molar-refractivity contribution in [2.24, 2.45) is 0 Å². The van der Waals surface area contributed by atoms with Gasteiger partial charge in [-0.15, -0.1) is 11.8 Å². The molecular formula is C15H15NO4S2. The van der Waals surface area contributed by atoms with Crippen LogP contribution in [0, 0.1) is 0 Å². The summed E-state index contributed by atoms with van der Waals surface area (Å²) in [6, 6.07) is 10.3. The Hall–Kier alpha value is -1.73. The molecule has 1 fully saturated rings. The van der Waals surface area contributed by atoms with Crippen LogP contribution in [0.1, 0.15) is 16.7 Å². The van der Waals surface area contributed by atoms with Crippen molar-refractivity contribution in [3.63, 3.8) is 0 Å². The Bertz CT molecular complexity index is 766. The third-order valence-electron chi connectivity index (χ3n) is 3.46. The van der Waals surface area contributed by atoms with E-state index in [1.807, 2.05) is 6.07 Å². The lowest BCUT2D eigenvalue weighted by molar-refractivity contribution is -0.128. The lowest BCUT2D eigenvalue weighted by Crippen LogP contribution is -2.27. The SMILES string of the molecule is CS(=O)(=O)c1ccc(CN2C(=O)CSC2c2ccco2)cc1. The maximum Gasteiger partial charge on any atom is 0.234 e. The number of thioether (sulfide) groups is 1. The number of carbonyl (C=O) groups excluding carboxylic acids is 1. The number of rotatable bonds is 4. The summed E-state index contributed by atoms with van der Waals surface area (Å²) < 4.78 is 28.3. The molecule has 116 valence electrons. The molecule has 0 radical (unpaired) electrons. The van der Waals surface area contributed by atoms with Crippen LogP contribution in [0.5, 0.6) is 0 Å². The zero-order valence-electron chi connectivity index (χ0n) is 11.9. The number of hydrogen-bond acceptors (Lipinski definition) is 5. The topological polar surface area (TPSA) is 67.6 Å². The van der Waals surface area contributed by atoms with Gasteiger partial charge in [-0.1, -0.05) is 12.1 Å². The normalized spacial score (nSPS) is 18.9. The summed E-state index contributed by atoms with van der Waals surface area (Å²) in [6.07, 6.45) is 2.77. The molecular weight excluding hydrogens is 322 g/mol. The number of furan rings is 1. The van der Waals surface area contributed by atoms with Crippen molar-refractivity contribution in [1.29, 1.82) is 0 Å². The van der Waals surface area contributed by atoms with E-state index in [1.165, 1.54) is 18.0 Å². The summed E-state index contributed by atoms with van der Waals surface area (Å²) in [6.45, 7) is 0.432. The number of benzene rings is 1. The predicted molar refractivity (Wildman–Crippen MR) is 84.0 cm³/mol. The highest BCUT2D eigenvalue weighted by Gasteiger charge is 2.34. The number of amides is 1. The monoisotopic (exact) mass is 337 g/mol. The van der Waals surface area contributed by atoms with Gasteiger partial charge in [-0.3, -0.25) is 4.79 Å². The molecule has 1 amide bonds. The van der Waals surface area contributed by atoms with Crippen LogP contribution in [0.3, 0.4) is 0 Å². The first kappa shape index (κ1) is 15.2. The Balaban J connectivity index is 1.80. The smallest absolute Gasteiger partial charge is 0.234 e. The Morgan fingerprint density at radius 2 is 2.00 bits per heavy atom. The average Bonchev–Trinajstić information content (AvgIpc) is 3.10. The number of hydrogen-bond donors (Lipinski definition) is 0. The Labute approximate surface area is 133 Å². The minimum atomic E-state index is -3.20. The average molecular weight is 337 g/mol. The second-order valence-electron chi connectivity index (χ2n) is 5.12. The van der Waals surface area contributed by atoms with Gasteiger partial charge in [0.2, 0.25) is 5.91 Å². The molecule has 1 aromatic heterocycles. The molecule has 0 N–H and O–H groups in total. The molecule has 2 heterocycles. The van der Waals surface area contributed by atoms with Crippen molar-refractivity contribution in [1.82, 2.24) is 4.90 Å². The van der Waals surface area contributed by atoms with Crippen molar-refractivity contribution < 1.29 is 17.6 Å². The summed E-state index contributed by atoms with van der Waals surface area (Å²) in [4.78, 5) is 14.1. The molecule has 0 saturated carbocycles. The highest BCUT2D eigenvalue weighted by atomic mass is 32.2. The molecule has 7 heteroatoms. The first-order valence-electron chi connectivity index (χ1n) is 6.68. The lowest BCUT2D eigenvalue weighted by atomic mass is 10.2. The maximum atomic E-state index is 12.1. The lowest BCUT2D eigenvalue weighted by Gasteiger charge is -2.22. The van der Waals surface area contributed by atoms with Gasteiger partial charge in [-0.2, -0.15) is 0 Å². The van der Waals surface area contributed by atoms with E-state index in [0.717, 1.165) is 11.3 Å². The highest BCUT2D eigenvalue weighted by molar-refractivity contribution is 8.00. The zero-order valence-corrected chi connectivity index (χ0v) is 13.6. The molecule has 1 aliphatic rings. The Kier molecular flexibility index (Phi) is 4.01. The van der Waals surface area contributed by atoms with Crippen molar-refractivity contribution in [2.75, 3.05) is 12.0 Å². The van der Waals surface area contributed by atoms with Gasteiger partial charge in [0.1, 0.15) is 11.1 Å². The first-order valence-corrected chi connectivity index (χ1v) is 9.62. The molecule has 2 aromatic rings. The fourth-order valence-electron chi connectivity index (χ4n) is 2.33. The van der Waals surface area contributed by atoms with Crippen LogP contribution in [0.2, 0.25) is 0 Å². The highest BCUT2D eigenvalue weighted by Crippen LogP contribution is 2.39. The predicted octanol–water partition coefficient (Wildman–Crippen LogP) is 2.46. The zero-order chi connectivity index (χ0) is 15.7. The molecule has 3 rings (SSSR count). The quantitative estimate of drug-likeness (QED) is 0.857. The second kappa shape index (κ2) is 5.81. The van der Waals surface area contributed by atoms with Gasteiger partial charge in [-0.05, 0) is 29.8 Å². The van der Waals surface area contributed by atoms with Gasteiger partial charge in [-0.25, -0.2) is 8.42 Å². The van der Waals surface area contributed by atoms with Crippen molar-refractivity contribution in [2.45, 2.75) is 16.8 Å². The number of sulfone groups is 1. The summed E-state index contributed by atoms with van der Waals surface area (Å²) in [5, 5.41) is -0.128. The van der Waals surface area contributed by atoms with Gasteiger partial charge < -0.3 is 9.32 Å². The Morgan fingerprint density at radius 3 is 2.59 bits per heavy atom. The molecule has 5 nitrogen and oxygen atoms in total. The fraction of sp³-hybridized carbons (Fsp3) is 0.267. The molecule has 0 spiro atoms. The van der Waals surface area contributed by atoms with Crippen LogP contribution in [-0.4, -0.2) is 31.2 Å².